The lowest BCUT2D eigenvalue weighted by molar-refractivity contribution is -0.0512. The van der Waals surface area contributed by atoms with Crippen LogP contribution in [0.5, 0.6) is 11.5 Å². The number of rotatable bonds is 9. The Kier molecular flexibility index (Phi) is 7.84. The van der Waals surface area contributed by atoms with E-state index in [1.54, 1.807) is 36.4 Å². The number of hydrogen-bond acceptors (Lipinski definition) is 8. The fraction of sp³-hybridized carbons (Fsp3) is 0.231. The first-order valence-corrected chi connectivity index (χ1v) is 12.2. The number of aromatic nitrogens is 1. The number of halogens is 2. The van der Waals surface area contributed by atoms with Gasteiger partial charge in [0.1, 0.15) is 0 Å². The molecule has 2 N–H and O–H groups in total. The molecule has 37 heavy (non-hydrogen) atoms. The van der Waals surface area contributed by atoms with Gasteiger partial charge in [-0.2, -0.15) is 18.9 Å². The lowest BCUT2D eigenvalue weighted by Crippen LogP contribution is -2.59. The van der Waals surface area contributed by atoms with E-state index < -0.39 is 28.5 Å². The zero-order valence-electron chi connectivity index (χ0n) is 20.0. The first kappa shape index (κ1) is 26.2. The fourth-order valence-corrected chi connectivity index (χ4v) is 4.96. The van der Waals surface area contributed by atoms with Crippen LogP contribution in [0.3, 0.4) is 0 Å². The van der Waals surface area contributed by atoms with Crippen LogP contribution in [0.15, 0.2) is 78.2 Å². The number of carbonyl (C=O) groups is 2. The Morgan fingerprint density at radius 3 is 2.46 bits per heavy atom. The molecule has 0 bridgehead atoms. The van der Waals surface area contributed by atoms with Gasteiger partial charge in [-0.1, -0.05) is 49.0 Å². The van der Waals surface area contributed by atoms with Crippen molar-refractivity contribution in [1.29, 1.82) is 0 Å². The Bertz CT molecular complexity index is 1310. The van der Waals surface area contributed by atoms with Crippen LogP contribution in [0, 0.1) is 0 Å². The SMILES string of the molecule is CCC1SC(=O)N(C(N)(C(=O)c2ccncc2)c2ccccc2)N=C1c1ccc(OC)c(OC(F)F)c1. The monoisotopic (exact) mass is 526 g/mol. The number of methoxy groups -OCH3 is 1. The number of nitrogens with zero attached hydrogens (tertiary/aromatic N) is 3. The Morgan fingerprint density at radius 1 is 1.14 bits per heavy atom. The van der Waals surface area contributed by atoms with Gasteiger partial charge in [0.25, 0.3) is 0 Å². The van der Waals surface area contributed by atoms with Crippen molar-refractivity contribution in [3.63, 3.8) is 0 Å². The molecule has 1 aliphatic heterocycles. The average Bonchev–Trinajstić information content (AvgIpc) is 2.92. The average molecular weight is 527 g/mol. The summed E-state index contributed by atoms with van der Waals surface area (Å²) in [6.45, 7) is -1.20. The van der Waals surface area contributed by atoms with Gasteiger partial charge < -0.3 is 9.47 Å². The summed E-state index contributed by atoms with van der Waals surface area (Å²) in [7, 11) is 1.34. The summed E-state index contributed by atoms with van der Waals surface area (Å²) in [5.74, 6) is -0.639. The van der Waals surface area contributed by atoms with Crippen LogP contribution in [0.25, 0.3) is 0 Å². The van der Waals surface area contributed by atoms with Crippen molar-refractivity contribution in [2.45, 2.75) is 30.9 Å². The third-order valence-electron chi connectivity index (χ3n) is 5.81. The molecule has 11 heteroatoms. The van der Waals surface area contributed by atoms with E-state index >= 15 is 0 Å². The zero-order chi connectivity index (χ0) is 26.6. The van der Waals surface area contributed by atoms with Gasteiger partial charge in [-0.25, -0.2) is 0 Å². The van der Waals surface area contributed by atoms with Crippen molar-refractivity contribution in [3.8, 4) is 11.5 Å². The molecule has 0 saturated carbocycles. The number of ether oxygens (including phenoxy) is 2. The van der Waals surface area contributed by atoms with Gasteiger partial charge in [0.15, 0.2) is 11.5 Å². The lowest BCUT2D eigenvalue weighted by atomic mass is 9.91. The first-order valence-electron chi connectivity index (χ1n) is 11.3. The Labute approximate surface area is 216 Å². The first-order chi connectivity index (χ1) is 17.8. The van der Waals surface area contributed by atoms with Crippen LogP contribution >= 0.6 is 11.8 Å². The molecule has 2 aromatic carbocycles. The van der Waals surface area contributed by atoms with Crippen LogP contribution < -0.4 is 15.2 Å². The molecule has 0 saturated heterocycles. The molecule has 0 fully saturated rings. The number of amides is 1. The second kappa shape index (κ2) is 11.1. The van der Waals surface area contributed by atoms with Crippen LogP contribution in [-0.2, 0) is 5.66 Å². The molecule has 2 atom stereocenters. The molecule has 192 valence electrons. The van der Waals surface area contributed by atoms with E-state index in [-0.39, 0.29) is 17.1 Å². The number of pyridine rings is 1. The fourth-order valence-electron chi connectivity index (χ4n) is 3.97. The molecule has 1 amide bonds. The number of nitrogens with two attached hydrogens (primary N) is 1. The number of thioether (sulfide) groups is 1. The van der Waals surface area contributed by atoms with Gasteiger partial charge in [-0.05, 0) is 36.8 Å². The smallest absolute Gasteiger partial charge is 0.387 e. The van der Waals surface area contributed by atoms with E-state index in [0.29, 0.717) is 23.3 Å². The highest BCUT2D eigenvalue weighted by Crippen LogP contribution is 2.38. The third kappa shape index (κ3) is 5.18. The lowest BCUT2D eigenvalue weighted by Gasteiger charge is -2.40. The van der Waals surface area contributed by atoms with Crippen molar-refractivity contribution in [2.24, 2.45) is 10.8 Å². The van der Waals surface area contributed by atoms with E-state index in [1.807, 2.05) is 6.92 Å². The van der Waals surface area contributed by atoms with Gasteiger partial charge in [0.05, 0.1) is 18.1 Å². The summed E-state index contributed by atoms with van der Waals surface area (Å²) in [5.41, 5.74) is 6.19. The van der Waals surface area contributed by atoms with Crippen LogP contribution in [0.4, 0.5) is 13.6 Å². The predicted molar refractivity (Wildman–Crippen MR) is 136 cm³/mol. The second-order valence-electron chi connectivity index (χ2n) is 8.02. The minimum atomic E-state index is -3.07. The van der Waals surface area contributed by atoms with Crippen molar-refractivity contribution in [2.75, 3.05) is 7.11 Å². The Morgan fingerprint density at radius 2 is 1.84 bits per heavy atom. The Hall–Kier alpha value is -3.83. The second-order valence-corrected chi connectivity index (χ2v) is 9.17. The third-order valence-corrected chi connectivity index (χ3v) is 7.03. The zero-order valence-corrected chi connectivity index (χ0v) is 20.8. The van der Waals surface area contributed by atoms with Crippen molar-refractivity contribution in [1.82, 2.24) is 9.99 Å². The molecule has 1 aliphatic rings. The number of Topliss-reactive ketones (excluding diaryl/α,β-unsaturated/α-hetero) is 1. The number of carbonyl (C=O) groups excluding carboxylic acids is 2. The van der Waals surface area contributed by atoms with Crippen molar-refractivity contribution in [3.05, 3.63) is 89.7 Å². The van der Waals surface area contributed by atoms with Crippen molar-refractivity contribution < 1.29 is 27.8 Å². The van der Waals surface area contributed by atoms with E-state index in [1.165, 1.54) is 43.8 Å². The number of alkyl halides is 2. The maximum absolute atomic E-state index is 13.8. The van der Waals surface area contributed by atoms with Crippen LogP contribution in [-0.4, -0.2) is 45.7 Å². The number of benzene rings is 2. The maximum Gasteiger partial charge on any atom is 0.387 e. The molecule has 4 rings (SSSR count). The van der Waals surface area contributed by atoms with Crippen LogP contribution in [0.2, 0.25) is 0 Å². The maximum atomic E-state index is 13.8. The van der Waals surface area contributed by atoms with Gasteiger partial charge in [-0.15, -0.1) is 0 Å². The minimum Gasteiger partial charge on any atom is -0.493 e. The minimum absolute atomic E-state index is 0.111. The topological polar surface area (TPSA) is 107 Å². The predicted octanol–water partition coefficient (Wildman–Crippen LogP) is 5.04. The number of hydrazone groups is 1. The molecule has 2 unspecified atom stereocenters. The number of hydrogen-bond donors (Lipinski definition) is 1. The standard InChI is InChI=1S/C26H24F2N4O4S/c1-3-21-22(17-9-10-19(35-2)20(15-17)36-24(27)28)31-32(25(34)37-21)26(29,18-7-5-4-6-8-18)23(33)16-11-13-30-14-12-16/h4-15,21,24H,3,29H2,1-2H3. The van der Waals surface area contributed by atoms with Gasteiger partial charge in [-0.3, -0.25) is 20.3 Å². The molecule has 0 radical (unpaired) electrons. The van der Waals surface area contributed by atoms with Crippen molar-refractivity contribution >= 4 is 28.5 Å². The van der Waals surface area contributed by atoms with Crippen LogP contribution in [0.1, 0.15) is 34.8 Å². The van der Waals surface area contributed by atoms with Gasteiger partial charge in [0, 0.05) is 29.1 Å². The number of ketones is 1. The summed E-state index contributed by atoms with van der Waals surface area (Å²) in [6.07, 6.45) is 3.41. The molecule has 0 spiro atoms. The molecule has 0 aliphatic carbocycles. The van der Waals surface area contributed by atoms with E-state index in [9.17, 15) is 18.4 Å². The van der Waals surface area contributed by atoms with Gasteiger partial charge in [0.2, 0.25) is 11.4 Å². The molecule has 1 aromatic heterocycles. The van der Waals surface area contributed by atoms with E-state index in [0.717, 1.165) is 16.8 Å². The molecule has 3 aromatic rings. The Balaban J connectivity index is 1.89. The normalized spacial score (nSPS) is 17.2. The quantitative estimate of drug-likeness (QED) is 0.390. The summed E-state index contributed by atoms with van der Waals surface area (Å²) in [4.78, 5) is 31.2. The highest BCUT2D eigenvalue weighted by molar-refractivity contribution is 8.14. The highest BCUT2D eigenvalue weighted by atomic mass is 32.2. The molecule has 2 heterocycles. The highest BCUT2D eigenvalue weighted by Gasteiger charge is 2.48. The molecular weight excluding hydrogens is 502 g/mol. The van der Waals surface area contributed by atoms with E-state index in [2.05, 4.69) is 14.8 Å². The summed E-state index contributed by atoms with van der Waals surface area (Å²) in [6, 6.07) is 15.9. The van der Waals surface area contributed by atoms with Gasteiger partial charge >= 0.3 is 11.9 Å². The largest absolute Gasteiger partial charge is 0.493 e. The summed E-state index contributed by atoms with van der Waals surface area (Å²) < 4.78 is 35.8. The summed E-state index contributed by atoms with van der Waals surface area (Å²) >= 11 is 0.953. The molecule has 8 nitrogen and oxygen atoms in total. The summed E-state index contributed by atoms with van der Waals surface area (Å²) in [5, 5.41) is 4.61. The molecular formula is C26H24F2N4O4S. The van der Waals surface area contributed by atoms with E-state index in [4.69, 9.17) is 10.5 Å².